The van der Waals surface area contributed by atoms with E-state index < -0.39 is 0 Å². The number of alkyl halides is 1. The van der Waals surface area contributed by atoms with Crippen LogP contribution in [0.25, 0.3) is 0 Å². The van der Waals surface area contributed by atoms with Gasteiger partial charge in [-0.25, -0.2) is 0 Å². The number of hydrogen-bond acceptors (Lipinski definition) is 0. The molecule has 0 saturated heterocycles. The highest BCUT2D eigenvalue weighted by molar-refractivity contribution is 9.09. The summed E-state index contributed by atoms with van der Waals surface area (Å²) in [4.78, 5) is 0.510. The minimum absolute atomic E-state index is 0.510. The van der Waals surface area contributed by atoms with Crippen molar-refractivity contribution >= 4 is 15.9 Å². The van der Waals surface area contributed by atoms with Gasteiger partial charge < -0.3 is 0 Å². The van der Waals surface area contributed by atoms with Crippen LogP contribution in [-0.2, 0) is 0 Å². The van der Waals surface area contributed by atoms with E-state index in [1.54, 1.807) is 0 Å². The van der Waals surface area contributed by atoms with Crippen LogP contribution >= 0.6 is 15.9 Å². The molecule has 0 nitrogen and oxygen atoms in total. The fraction of sp³-hybridized carbons (Fsp3) is 0.571. The highest BCUT2D eigenvalue weighted by Crippen LogP contribution is 2.33. The summed E-state index contributed by atoms with van der Waals surface area (Å²) < 4.78 is 0. The van der Waals surface area contributed by atoms with Gasteiger partial charge in [0.15, 0.2) is 0 Å². The molecule has 1 aromatic rings. The molecule has 0 saturated carbocycles. The monoisotopic (exact) mass is 268 g/mol. The van der Waals surface area contributed by atoms with Crippen LogP contribution in [0.5, 0.6) is 0 Å². The summed E-state index contributed by atoms with van der Waals surface area (Å²) in [5, 5.41) is 0. The topological polar surface area (TPSA) is 0 Å². The maximum Gasteiger partial charge on any atom is 0.0420 e. The molecule has 0 N–H and O–H groups in total. The second-order valence-corrected chi connectivity index (χ2v) is 5.27. The molecule has 0 heterocycles. The van der Waals surface area contributed by atoms with Gasteiger partial charge in [0, 0.05) is 4.83 Å². The van der Waals surface area contributed by atoms with E-state index in [-0.39, 0.29) is 0 Å². The fourth-order valence-corrected chi connectivity index (χ4v) is 2.40. The molecule has 0 aliphatic rings. The van der Waals surface area contributed by atoms with Gasteiger partial charge in [-0.3, -0.25) is 0 Å². The van der Waals surface area contributed by atoms with Crippen LogP contribution in [0.4, 0.5) is 0 Å². The first-order valence-corrected chi connectivity index (χ1v) is 6.86. The van der Waals surface area contributed by atoms with Crippen molar-refractivity contribution in [1.29, 1.82) is 0 Å². The minimum Gasteiger partial charge on any atom is -0.0836 e. The third-order valence-electron chi connectivity index (χ3n) is 2.88. The molecular weight excluding hydrogens is 248 g/mol. The number of benzene rings is 1. The molecule has 84 valence electrons. The second kappa shape index (κ2) is 7.05. The predicted octanol–water partition coefficient (Wildman–Crippen LogP) is 5.34. The maximum absolute atomic E-state index is 3.80. The lowest BCUT2D eigenvalue weighted by Gasteiger charge is -2.18. The quantitative estimate of drug-likeness (QED) is 0.483. The van der Waals surface area contributed by atoms with Gasteiger partial charge in [0.1, 0.15) is 0 Å². The van der Waals surface area contributed by atoms with Crippen molar-refractivity contribution in [2.24, 2.45) is 5.92 Å². The molecule has 0 aromatic heterocycles. The van der Waals surface area contributed by atoms with E-state index in [1.165, 1.54) is 31.2 Å². The summed E-state index contributed by atoms with van der Waals surface area (Å²) in [7, 11) is 0. The Morgan fingerprint density at radius 2 is 1.80 bits per heavy atom. The summed E-state index contributed by atoms with van der Waals surface area (Å²) in [5.41, 5.74) is 1.40. The van der Waals surface area contributed by atoms with Crippen LogP contribution in [-0.4, -0.2) is 0 Å². The van der Waals surface area contributed by atoms with E-state index in [1.807, 2.05) is 0 Å². The highest BCUT2D eigenvalue weighted by Gasteiger charge is 2.14. The summed E-state index contributed by atoms with van der Waals surface area (Å²) >= 11 is 3.80. The second-order valence-electron chi connectivity index (χ2n) is 4.29. The molecule has 1 rings (SSSR count). The summed E-state index contributed by atoms with van der Waals surface area (Å²) in [6.07, 6.45) is 5.34. The predicted molar refractivity (Wildman–Crippen MR) is 71.4 cm³/mol. The summed E-state index contributed by atoms with van der Waals surface area (Å²) in [6.45, 7) is 4.59. The lowest BCUT2D eigenvalue weighted by atomic mass is 9.95. The average Bonchev–Trinajstić information content (AvgIpc) is 2.29. The standard InChI is InChI=1S/C14H21Br/c1-3-4-6-9-12(2)14(15)13-10-7-5-8-11-13/h5,7-8,10-12,14H,3-4,6,9H2,1-2H3. The first-order chi connectivity index (χ1) is 7.25. The van der Waals surface area contributed by atoms with Gasteiger partial charge in [-0.15, -0.1) is 0 Å². The zero-order valence-electron chi connectivity index (χ0n) is 9.75. The van der Waals surface area contributed by atoms with Crippen molar-refractivity contribution in [1.82, 2.24) is 0 Å². The fourth-order valence-electron chi connectivity index (χ4n) is 1.83. The molecule has 0 radical (unpaired) electrons. The Morgan fingerprint density at radius 1 is 1.13 bits per heavy atom. The minimum atomic E-state index is 0.510. The number of rotatable bonds is 6. The van der Waals surface area contributed by atoms with Crippen LogP contribution in [0.15, 0.2) is 30.3 Å². The maximum atomic E-state index is 3.80. The third-order valence-corrected chi connectivity index (χ3v) is 4.31. The van der Waals surface area contributed by atoms with Crippen molar-refractivity contribution in [2.75, 3.05) is 0 Å². The van der Waals surface area contributed by atoms with E-state index in [4.69, 9.17) is 0 Å². The van der Waals surface area contributed by atoms with Crippen LogP contribution < -0.4 is 0 Å². The molecule has 0 bridgehead atoms. The Bertz CT molecular complexity index is 255. The third kappa shape index (κ3) is 4.38. The van der Waals surface area contributed by atoms with Crippen molar-refractivity contribution in [2.45, 2.75) is 44.4 Å². The lowest BCUT2D eigenvalue weighted by Crippen LogP contribution is -2.03. The molecule has 0 spiro atoms. The first-order valence-electron chi connectivity index (χ1n) is 5.94. The SMILES string of the molecule is CCCCCC(C)C(Br)c1ccccc1. The molecule has 1 aromatic carbocycles. The van der Waals surface area contributed by atoms with Crippen LogP contribution in [0.3, 0.4) is 0 Å². The smallest absolute Gasteiger partial charge is 0.0420 e. The van der Waals surface area contributed by atoms with E-state index >= 15 is 0 Å². The van der Waals surface area contributed by atoms with Crippen molar-refractivity contribution in [3.8, 4) is 0 Å². The van der Waals surface area contributed by atoms with E-state index in [0.29, 0.717) is 4.83 Å². The molecule has 15 heavy (non-hydrogen) atoms. The Balaban J connectivity index is 2.42. The van der Waals surface area contributed by atoms with Gasteiger partial charge in [-0.05, 0) is 17.9 Å². The van der Waals surface area contributed by atoms with Gasteiger partial charge in [0.2, 0.25) is 0 Å². The summed E-state index contributed by atoms with van der Waals surface area (Å²) in [6, 6.07) is 10.7. The number of hydrogen-bond donors (Lipinski definition) is 0. The van der Waals surface area contributed by atoms with Crippen LogP contribution in [0, 0.1) is 5.92 Å². The Morgan fingerprint density at radius 3 is 2.40 bits per heavy atom. The Kier molecular flexibility index (Phi) is 6.00. The first kappa shape index (κ1) is 12.8. The Hall–Kier alpha value is -0.300. The molecular formula is C14H21Br. The van der Waals surface area contributed by atoms with Crippen LogP contribution in [0.2, 0.25) is 0 Å². The van der Waals surface area contributed by atoms with Gasteiger partial charge in [-0.2, -0.15) is 0 Å². The largest absolute Gasteiger partial charge is 0.0836 e. The van der Waals surface area contributed by atoms with Gasteiger partial charge in [0.25, 0.3) is 0 Å². The number of unbranched alkanes of at least 4 members (excludes halogenated alkanes) is 2. The normalized spacial score (nSPS) is 14.9. The van der Waals surface area contributed by atoms with Crippen molar-refractivity contribution < 1.29 is 0 Å². The molecule has 0 amide bonds. The summed E-state index contributed by atoms with van der Waals surface area (Å²) in [5.74, 6) is 0.721. The van der Waals surface area contributed by atoms with Crippen molar-refractivity contribution in [3.63, 3.8) is 0 Å². The molecule has 2 atom stereocenters. The zero-order valence-corrected chi connectivity index (χ0v) is 11.3. The molecule has 0 fully saturated rings. The highest BCUT2D eigenvalue weighted by atomic mass is 79.9. The lowest BCUT2D eigenvalue weighted by molar-refractivity contribution is 0.490. The van der Waals surface area contributed by atoms with E-state index in [9.17, 15) is 0 Å². The van der Waals surface area contributed by atoms with Gasteiger partial charge in [-0.1, -0.05) is 79.4 Å². The van der Waals surface area contributed by atoms with E-state index in [2.05, 4.69) is 60.1 Å². The van der Waals surface area contributed by atoms with E-state index in [0.717, 1.165) is 5.92 Å². The van der Waals surface area contributed by atoms with Gasteiger partial charge >= 0.3 is 0 Å². The number of halogens is 1. The molecule has 2 unspecified atom stereocenters. The zero-order chi connectivity index (χ0) is 11.1. The molecule has 0 aliphatic carbocycles. The average molecular weight is 269 g/mol. The molecule has 0 aliphatic heterocycles. The Labute approximate surface area is 102 Å². The van der Waals surface area contributed by atoms with Crippen molar-refractivity contribution in [3.05, 3.63) is 35.9 Å². The van der Waals surface area contributed by atoms with Crippen LogP contribution in [0.1, 0.15) is 49.9 Å². The molecule has 1 heteroatoms. The van der Waals surface area contributed by atoms with Gasteiger partial charge in [0.05, 0.1) is 0 Å².